The van der Waals surface area contributed by atoms with Crippen LogP contribution in [0.4, 0.5) is 5.69 Å². The van der Waals surface area contributed by atoms with Gasteiger partial charge < -0.3 is 19.1 Å². The quantitative estimate of drug-likeness (QED) is 0.486. The molecular formula is C24H33N3O3. The second-order valence-electron chi connectivity index (χ2n) is 7.51. The van der Waals surface area contributed by atoms with Crippen LogP contribution in [0.15, 0.2) is 30.3 Å². The van der Waals surface area contributed by atoms with E-state index in [1.165, 1.54) is 6.08 Å². The summed E-state index contributed by atoms with van der Waals surface area (Å²) in [6.07, 6.45) is 3.26. The van der Waals surface area contributed by atoms with Crippen LogP contribution < -0.4 is 4.90 Å². The molecule has 1 aromatic carbocycles. The molecule has 0 aliphatic heterocycles. The van der Waals surface area contributed by atoms with Crippen LogP contribution in [0.3, 0.4) is 0 Å². The summed E-state index contributed by atoms with van der Waals surface area (Å²) in [5.41, 5.74) is 5.25. The maximum atomic E-state index is 12.7. The second kappa shape index (κ2) is 10.1. The number of ether oxygens (including phenoxy) is 1. The van der Waals surface area contributed by atoms with Gasteiger partial charge in [0, 0.05) is 62.9 Å². The lowest BCUT2D eigenvalue weighted by molar-refractivity contribution is -0.125. The first-order valence-electron chi connectivity index (χ1n) is 10.3. The van der Waals surface area contributed by atoms with Crippen molar-refractivity contribution in [3.63, 3.8) is 0 Å². The van der Waals surface area contributed by atoms with Crippen molar-refractivity contribution in [1.82, 2.24) is 9.47 Å². The Kier molecular flexibility index (Phi) is 7.86. The first-order valence-corrected chi connectivity index (χ1v) is 10.3. The molecule has 1 aromatic heterocycles. The Morgan fingerprint density at radius 3 is 2.20 bits per heavy atom. The molecule has 0 bridgehead atoms. The molecule has 0 N–H and O–H groups in total. The van der Waals surface area contributed by atoms with Gasteiger partial charge in [-0.2, -0.15) is 0 Å². The highest BCUT2D eigenvalue weighted by Crippen LogP contribution is 2.25. The number of hydrogen-bond acceptors (Lipinski definition) is 4. The number of nitrogens with zero attached hydrogens (tertiary/aromatic N) is 3. The van der Waals surface area contributed by atoms with Crippen molar-refractivity contribution >= 4 is 23.6 Å². The average Bonchev–Trinajstić information content (AvgIpc) is 2.95. The fourth-order valence-corrected chi connectivity index (χ4v) is 3.58. The number of carbonyl (C=O) groups is 2. The number of hydrogen-bond donors (Lipinski definition) is 0. The molecule has 0 saturated carbocycles. The van der Waals surface area contributed by atoms with Crippen molar-refractivity contribution in [3.05, 3.63) is 58.4 Å². The van der Waals surface area contributed by atoms with Crippen molar-refractivity contribution in [2.24, 2.45) is 0 Å². The van der Waals surface area contributed by atoms with Crippen LogP contribution in [-0.4, -0.2) is 49.1 Å². The second-order valence-corrected chi connectivity index (χ2v) is 7.51. The molecule has 0 unspecified atom stereocenters. The van der Waals surface area contributed by atoms with E-state index in [0.29, 0.717) is 18.7 Å². The minimum absolute atomic E-state index is 0.122. The van der Waals surface area contributed by atoms with Crippen molar-refractivity contribution in [1.29, 1.82) is 0 Å². The van der Waals surface area contributed by atoms with Gasteiger partial charge in [0.15, 0.2) is 0 Å². The minimum Gasteiger partial charge on any atom is -0.462 e. The van der Waals surface area contributed by atoms with E-state index in [1.54, 1.807) is 24.9 Å². The van der Waals surface area contributed by atoms with Crippen LogP contribution in [0.5, 0.6) is 0 Å². The first-order chi connectivity index (χ1) is 14.2. The first kappa shape index (κ1) is 23.3. The monoisotopic (exact) mass is 411 g/mol. The summed E-state index contributed by atoms with van der Waals surface area (Å²) in [7, 11) is 5.76. The Morgan fingerprint density at radius 2 is 1.67 bits per heavy atom. The molecule has 0 spiro atoms. The summed E-state index contributed by atoms with van der Waals surface area (Å²) < 4.78 is 7.30. The van der Waals surface area contributed by atoms with E-state index in [1.807, 2.05) is 64.0 Å². The summed E-state index contributed by atoms with van der Waals surface area (Å²) >= 11 is 0. The van der Waals surface area contributed by atoms with E-state index in [2.05, 4.69) is 4.57 Å². The number of likely N-dealkylation sites (N-methyl/N-ethyl adjacent to an activating group) is 1. The normalized spacial score (nSPS) is 11.0. The van der Waals surface area contributed by atoms with E-state index in [0.717, 1.165) is 34.7 Å². The maximum absolute atomic E-state index is 12.7. The predicted octanol–water partition coefficient (Wildman–Crippen LogP) is 4.04. The van der Waals surface area contributed by atoms with Gasteiger partial charge in [0.25, 0.3) is 0 Å². The highest BCUT2D eigenvalue weighted by atomic mass is 16.5. The molecule has 162 valence electrons. The topological polar surface area (TPSA) is 54.8 Å². The van der Waals surface area contributed by atoms with Gasteiger partial charge in [0.1, 0.15) is 0 Å². The summed E-state index contributed by atoms with van der Waals surface area (Å²) in [4.78, 5) is 28.9. The molecular weight excluding hydrogens is 378 g/mol. The summed E-state index contributed by atoms with van der Waals surface area (Å²) in [6, 6.07) is 8.12. The molecule has 0 fully saturated rings. The molecule has 1 heterocycles. The third kappa shape index (κ3) is 5.12. The Balaban J connectivity index is 2.21. The van der Waals surface area contributed by atoms with E-state index in [9.17, 15) is 9.59 Å². The van der Waals surface area contributed by atoms with Gasteiger partial charge >= 0.3 is 5.97 Å². The van der Waals surface area contributed by atoms with Crippen molar-refractivity contribution in [3.8, 4) is 0 Å². The molecule has 1 amide bonds. The highest BCUT2D eigenvalue weighted by molar-refractivity contribution is 5.98. The number of benzene rings is 1. The SMILES string of the molecule is CCOC(=O)c1c(/C=C/C(=O)N(C)Cc2ccc(N(C)C)cc2)c(C)n(CC)c1C. The molecule has 0 aliphatic rings. The average molecular weight is 412 g/mol. The van der Waals surface area contributed by atoms with E-state index >= 15 is 0 Å². The Morgan fingerprint density at radius 1 is 1.03 bits per heavy atom. The van der Waals surface area contributed by atoms with Crippen LogP contribution >= 0.6 is 0 Å². The number of carbonyl (C=O) groups excluding carboxylic acids is 2. The van der Waals surface area contributed by atoms with Gasteiger partial charge in [0.05, 0.1) is 12.2 Å². The van der Waals surface area contributed by atoms with Crippen molar-refractivity contribution < 1.29 is 14.3 Å². The number of aromatic nitrogens is 1. The summed E-state index contributed by atoms with van der Waals surface area (Å²) in [5, 5.41) is 0. The zero-order valence-electron chi connectivity index (χ0n) is 19.2. The van der Waals surface area contributed by atoms with Gasteiger partial charge in [-0.25, -0.2) is 4.79 Å². The van der Waals surface area contributed by atoms with Crippen LogP contribution in [0.25, 0.3) is 6.08 Å². The van der Waals surface area contributed by atoms with Gasteiger partial charge in [-0.3, -0.25) is 4.79 Å². The minimum atomic E-state index is -0.355. The Bertz CT molecular complexity index is 924. The van der Waals surface area contributed by atoms with Gasteiger partial charge in [-0.1, -0.05) is 12.1 Å². The van der Waals surface area contributed by atoms with Gasteiger partial charge in [-0.15, -0.1) is 0 Å². The Hall–Kier alpha value is -3.02. The van der Waals surface area contributed by atoms with E-state index < -0.39 is 0 Å². The lowest BCUT2D eigenvalue weighted by atomic mass is 10.1. The summed E-state index contributed by atoms with van der Waals surface area (Å²) in [5.74, 6) is -0.477. The lowest BCUT2D eigenvalue weighted by Crippen LogP contribution is -2.24. The number of rotatable bonds is 8. The molecule has 0 atom stereocenters. The molecule has 30 heavy (non-hydrogen) atoms. The fourth-order valence-electron chi connectivity index (χ4n) is 3.58. The smallest absolute Gasteiger partial charge is 0.340 e. The molecule has 6 heteroatoms. The molecule has 2 rings (SSSR count). The van der Waals surface area contributed by atoms with Gasteiger partial charge in [-0.05, 0) is 51.5 Å². The standard InChI is InChI=1S/C24H33N3O3/c1-8-27-17(3)21(23(18(27)4)24(29)30-9-2)14-15-22(28)26(7)16-19-10-12-20(13-11-19)25(5)6/h10-15H,8-9,16H2,1-7H3/b15-14+. The predicted molar refractivity (Wildman–Crippen MR) is 122 cm³/mol. The Labute approximate surface area is 179 Å². The van der Waals surface area contributed by atoms with Crippen LogP contribution in [-0.2, 0) is 22.6 Å². The number of anilines is 1. The molecule has 0 radical (unpaired) electrons. The highest BCUT2D eigenvalue weighted by Gasteiger charge is 2.22. The third-order valence-corrected chi connectivity index (χ3v) is 5.27. The summed E-state index contributed by atoms with van der Waals surface area (Å²) in [6.45, 7) is 9.25. The number of esters is 1. The lowest BCUT2D eigenvalue weighted by Gasteiger charge is -2.17. The number of amides is 1. The van der Waals surface area contributed by atoms with E-state index in [-0.39, 0.29) is 11.9 Å². The van der Waals surface area contributed by atoms with Crippen LogP contribution in [0.1, 0.15) is 46.7 Å². The molecule has 2 aromatic rings. The van der Waals surface area contributed by atoms with Gasteiger partial charge in [0.2, 0.25) is 5.91 Å². The van der Waals surface area contributed by atoms with Crippen LogP contribution in [0, 0.1) is 13.8 Å². The molecule has 6 nitrogen and oxygen atoms in total. The molecule has 0 saturated heterocycles. The zero-order chi connectivity index (χ0) is 22.4. The largest absolute Gasteiger partial charge is 0.462 e. The zero-order valence-corrected chi connectivity index (χ0v) is 19.2. The third-order valence-electron chi connectivity index (χ3n) is 5.27. The van der Waals surface area contributed by atoms with Crippen molar-refractivity contribution in [2.75, 3.05) is 32.6 Å². The van der Waals surface area contributed by atoms with Crippen LogP contribution in [0.2, 0.25) is 0 Å². The van der Waals surface area contributed by atoms with E-state index in [4.69, 9.17) is 4.74 Å². The fraction of sp³-hybridized carbons (Fsp3) is 0.417. The molecule has 0 aliphatic carbocycles. The maximum Gasteiger partial charge on any atom is 0.340 e. The van der Waals surface area contributed by atoms with Crippen molar-refractivity contribution in [2.45, 2.75) is 40.8 Å².